The maximum atomic E-state index is 12.4. The van der Waals surface area contributed by atoms with Crippen molar-refractivity contribution in [2.75, 3.05) is 0 Å². The molecule has 12 nitrogen and oxygen atoms in total. The first-order valence-corrected chi connectivity index (χ1v) is 10.4. The molecule has 0 fully saturated rings. The average molecular weight is 551 g/mol. The smallest absolute Gasteiger partial charge is 0.504 e. The molecule has 0 atom stereocenters. The Morgan fingerprint density at radius 1 is 0.875 bits per heavy atom. The summed E-state index contributed by atoms with van der Waals surface area (Å²) < 4.78 is 63.7. The largest absolute Gasteiger partial charge is 2.00 e. The number of hydrogen-bond acceptors (Lipinski definition) is 9. The number of H-pyrrole nitrogens is 1. The van der Waals surface area contributed by atoms with E-state index in [0.29, 0.717) is 17.6 Å². The van der Waals surface area contributed by atoms with Gasteiger partial charge in [0.15, 0.2) is 11.4 Å². The molecular weight excluding hydrogens is 540 g/mol. The molecule has 0 amide bonds. The van der Waals surface area contributed by atoms with Crippen molar-refractivity contribution in [2.45, 2.75) is 9.79 Å². The maximum Gasteiger partial charge on any atom is 2.00 e. The fraction of sp³-hybridized carbons (Fsp3) is 0. The number of aromatic amines is 1. The van der Waals surface area contributed by atoms with Gasteiger partial charge in [0.05, 0.1) is 10.4 Å². The summed E-state index contributed by atoms with van der Waals surface area (Å²) in [6.07, 6.45) is 0. The minimum absolute atomic E-state index is 0. The number of rotatable bonds is 4. The van der Waals surface area contributed by atoms with Gasteiger partial charge in [0.2, 0.25) is 11.3 Å². The van der Waals surface area contributed by atoms with Gasteiger partial charge >= 0.3 is 76.2 Å². The number of fused-ring (bicyclic) bond motifs is 1. The zero-order chi connectivity index (χ0) is 21.6. The van der Waals surface area contributed by atoms with Crippen LogP contribution >= 0.6 is 0 Å². The van der Waals surface area contributed by atoms with Crippen molar-refractivity contribution >= 4 is 42.5 Å². The Balaban J connectivity index is 0.00000320. The summed E-state index contributed by atoms with van der Waals surface area (Å²) in [5, 5.41) is 26.9. The van der Waals surface area contributed by atoms with Crippen LogP contribution in [0.2, 0.25) is 0 Å². The minimum atomic E-state index is -5.11. The van der Waals surface area contributed by atoms with E-state index in [1.165, 1.54) is 12.1 Å². The van der Waals surface area contributed by atoms with E-state index in [4.69, 9.17) is 9.11 Å². The molecule has 17 heteroatoms. The number of nitrogens with zero attached hydrogens (tertiary/aromatic N) is 2. The van der Waals surface area contributed by atoms with Gasteiger partial charge in [0, 0.05) is 5.39 Å². The van der Waals surface area contributed by atoms with E-state index in [9.17, 15) is 31.8 Å². The van der Waals surface area contributed by atoms with Gasteiger partial charge in [-0.25, -0.2) is 0 Å². The van der Waals surface area contributed by atoms with Crippen molar-refractivity contribution in [1.29, 1.82) is 0 Å². The number of phenols is 1. The van der Waals surface area contributed by atoms with Crippen LogP contribution in [0.1, 0.15) is 0 Å². The molecule has 3 rings (SSSR count). The first kappa shape index (κ1) is 31.2. The standard InChI is InChI=1S/C15H11N3O9S2.Cu.2Na/c19-13-8-3-1-2-4-9(8)16-15(21)12(13)18-17-10-5-7(28(22,23)24)6-11(14(10)20)29(25,26)27;;;/h1-6,20H,(H2,16,19,21)(H,22,23,24)(H,25,26,27);;;/q;+2;2*+1. The summed E-state index contributed by atoms with van der Waals surface area (Å²) in [6.45, 7) is 0. The van der Waals surface area contributed by atoms with Crippen LogP contribution in [0.15, 0.2) is 61.2 Å². The summed E-state index contributed by atoms with van der Waals surface area (Å²) >= 11 is 0. The number of aromatic nitrogens is 1. The van der Waals surface area contributed by atoms with E-state index >= 15 is 0 Å². The first-order chi connectivity index (χ1) is 13.4. The van der Waals surface area contributed by atoms with E-state index in [2.05, 4.69) is 15.2 Å². The Labute approximate surface area is 235 Å². The molecular formula is C15H11CuN3Na2O9S2+4. The van der Waals surface area contributed by atoms with E-state index in [-0.39, 0.29) is 81.6 Å². The Morgan fingerprint density at radius 2 is 1.47 bits per heavy atom. The number of azo groups is 1. The zero-order valence-corrected chi connectivity index (χ0v) is 22.9. The minimum Gasteiger partial charge on any atom is -0.504 e. The molecule has 1 radical (unpaired) electrons. The second kappa shape index (κ2) is 11.6. The predicted octanol–water partition coefficient (Wildman–Crippen LogP) is -4.15. The van der Waals surface area contributed by atoms with E-state index in [1.807, 2.05) is 0 Å². The van der Waals surface area contributed by atoms with E-state index < -0.39 is 58.5 Å². The van der Waals surface area contributed by atoms with Gasteiger partial charge in [0.25, 0.3) is 20.2 Å². The summed E-state index contributed by atoms with van der Waals surface area (Å²) in [6, 6.07) is 6.95. The molecule has 0 saturated heterocycles. The second-order valence-electron chi connectivity index (χ2n) is 5.64. The van der Waals surface area contributed by atoms with Crippen molar-refractivity contribution in [3.8, 4) is 11.6 Å². The predicted molar refractivity (Wildman–Crippen MR) is 98.1 cm³/mol. The maximum absolute atomic E-state index is 12.4. The van der Waals surface area contributed by atoms with Crippen LogP contribution in [-0.2, 0) is 37.3 Å². The van der Waals surface area contributed by atoms with Crippen molar-refractivity contribution in [2.24, 2.45) is 10.2 Å². The Morgan fingerprint density at radius 3 is 2.03 bits per heavy atom. The quantitative estimate of drug-likeness (QED) is 0.121. The fourth-order valence-corrected chi connectivity index (χ4v) is 3.63. The first-order valence-electron chi connectivity index (χ1n) is 7.47. The molecule has 0 aliphatic heterocycles. The van der Waals surface area contributed by atoms with Gasteiger partial charge in [-0.1, -0.05) is 12.1 Å². The van der Waals surface area contributed by atoms with Gasteiger partial charge in [0.1, 0.15) is 10.6 Å². The molecule has 0 aliphatic carbocycles. The van der Waals surface area contributed by atoms with Crippen molar-refractivity contribution in [3.05, 3.63) is 46.6 Å². The summed E-state index contributed by atoms with van der Waals surface area (Å²) in [5.41, 5.74) is -1.91. The number of para-hydroxylation sites is 1. The number of nitrogens with one attached hydrogen (secondary N) is 1. The van der Waals surface area contributed by atoms with E-state index in [0.717, 1.165) is 0 Å². The molecule has 0 aliphatic rings. The average Bonchev–Trinajstić information content (AvgIpc) is 2.60. The summed E-state index contributed by atoms with van der Waals surface area (Å²) in [5.74, 6) is -1.89. The van der Waals surface area contributed by atoms with Crippen LogP contribution in [-0.4, -0.2) is 41.1 Å². The monoisotopic (exact) mass is 550 g/mol. The number of aromatic hydroxyl groups is 2. The van der Waals surface area contributed by atoms with Gasteiger partial charge < -0.3 is 15.2 Å². The molecule has 1 heterocycles. The third-order valence-electron chi connectivity index (χ3n) is 3.73. The molecule has 3 aromatic rings. The van der Waals surface area contributed by atoms with Crippen LogP contribution in [0.3, 0.4) is 0 Å². The van der Waals surface area contributed by atoms with Crippen LogP contribution in [0.5, 0.6) is 11.6 Å². The molecule has 0 bridgehead atoms. The summed E-state index contributed by atoms with van der Waals surface area (Å²) in [7, 11) is -10.1. The number of benzene rings is 2. The Bertz CT molecular complexity index is 1460. The zero-order valence-electron chi connectivity index (χ0n) is 16.3. The molecule has 0 spiro atoms. The van der Waals surface area contributed by atoms with Crippen LogP contribution < -0.4 is 64.5 Å². The van der Waals surface area contributed by atoms with Crippen molar-refractivity contribution < 1.29 is 112 Å². The molecule has 1 aromatic heterocycles. The molecule has 0 saturated carbocycles. The Kier molecular flexibility index (Phi) is 11.3. The number of phenolic OH excluding ortho intramolecular Hbond substituents is 1. The third kappa shape index (κ3) is 6.62. The van der Waals surface area contributed by atoms with Crippen molar-refractivity contribution in [3.63, 3.8) is 0 Å². The molecule has 0 unspecified atom stereocenters. The van der Waals surface area contributed by atoms with Crippen LogP contribution in [0, 0.1) is 0 Å². The van der Waals surface area contributed by atoms with Gasteiger partial charge in [-0.15, -0.1) is 10.2 Å². The topological polar surface area (TPSA) is 207 Å². The van der Waals surface area contributed by atoms with E-state index in [1.54, 1.807) is 12.1 Å². The molecule has 32 heavy (non-hydrogen) atoms. The number of hydrogen-bond donors (Lipinski definition) is 5. The van der Waals surface area contributed by atoms with Gasteiger partial charge in [-0.3, -0.25) is 13.9 Å². The molecule has 2 aromatic carbocycles. The second-order valence-corrected chi connectivity index (χ2v) is 8.45. The molecule has 5 N–H and O–H groups in total. The van der Waals surface area contributed by atoms with Crippen molar-refractivity contribution in [1.82, 2.24) is 4.98 Å². The normalized spacial score (nSPS) is 11.4. The Hall–Kier alpha value is -0.811. The third-order valence-corrected chi connectivity index (χ3v) is 5.42. The number of pyridine rings is 1. The van der Waals surface area contributed by atoms with Gasteiger partial charge in [-0.05, 0) is 24.3 Å². The van der Waals surface area contributed by atoms with Crippen LogP contribution in [0.4, 0.5) is 11.4 Å². The van der Waals surface area contributed by atoms with Crippen LogP contribution in [0.25, 0.3) is 10.9 Å². The fourth-order valence-electron chi connectivity index (χ4n) is 2.40. The van der Waals surface area contributed by atoms with Gasteiger partial charge in [-0.2, -0.15) is 16.8 Å². The molecule has 161 valence electrons. The summed E-state index contributed by atoms with van der Waals surface area (Å²) in [4.78, 5) is 12.6. The SMILES string of the molecule is O=c1c(N=Nc2cc(S(=O)(=O)O)cc(S(=O)(=O)O)c2O)c(O)[nH]c2ccccc12.[Cu+2].[Na+].[Na+].